The smallest absolute Gasteiger partial charge is 0.410 e. The van der Waals surface area contributed by atoms with Crippen molar-refractivity contribution in [3.8, 4) is 0 Å². The van der Waals surface area contributed by atoms with E-state index in [2.05, 4.69) is 0 Å². The molecule has 0 N–H and O–H groups in total. The van der Waals surface area contributed by atoms with E-state index in [4.69, 9.17) is 14.2 Å². The van der Waals surface area contributed by atoms with Crippen molar-refractivity contribution in [1.29, 1.82) is 0 Å². The van der Waals surface area contributed by atoms with Crippen LogP contribution < -0.4 is 0 Å². The average Bonchev–Trinajstić information content (AvgIpc) is 2.54. The monoisotopic (exact) mass is 291 g/mol. The van der Waals surface area contributed by atoms with E-state index in [9.17, 15) is 4.79 Å². The number of hydrogen-bond donors (Lipinski definition) is 0. The Morgan fingerprint density at radius 3 is 2.71 bits per heavy atom. The van der Waals surface area contributed by atoms with Crippen LogP contribution in [0.3, 0.4) is 0 Å². The first-order chi connectivity index (χ1) is 10.3. The van der Waals surface area contributed by atoms with Crippen LogP contribution in [0, 0.1) is 0 Å². The molecule has 1 spiro atoms. The molecule has 114 valence electrons. The number of ether oxygens (including phenoxy) is 3. The molecule has 1 aromatic carbocycles. The highest BCUT2D eigenvalue weighted by molar-refractivity contribution is 5.67. The Labute approximate surface area is 124 Å². The lowest BCUT2D eigenvalue weighted by Gasteiger charge is -2.44. The predicted octanol–water partition coefficient (Wildman–Crippen LogP) is 2.20. The molecule has 1 aromatic rings. The van der Waals surface area contributed by atoms with E-state index >= 15 is 0 Å². The Bertz CT molecular complexity index is 465. The van der Waals surface area contributed by atoms with Crippen LogP contribution in [0.5, 0.6) is 0 Å². The summed E-state index contributed by atoms with van der Waals surface area (Å²) in [6.45, 7) is 3.48. The maximum atomic E-state index is 12.2. The minimum Gasteiger partial charge on any atom is -0.445 e. The second-order valence-corrected chi connectivity index (χ2v) is 5.61. The van der Waals surface area contributed by atoms with Crippen molar-refractivity contribution in [3.63, 3.8) is 0 Å². The largest absolute Gasteiger partial charge is 0.445 e. The van der Waals surface area contributed by atoms with Crippen LogP contribution in [-0.2, 0) is 20.8 Å². The Kier molecular flexibility index (Phi) is 4.41. The number of carbonyl (C=O) groups is 1. The van der Waals surface area contributed by atoms with Gasteiger partial charge in [-0.3, -0.25) is 0 Å². The first-order valence-electron chi connectivity index (χ1n) is 7.45. The van der Waals surface area contributed by atoms with Gasteiger partial charge in [-0.2, -0.15) is 0 Å². The highest BCUT2D eigenvalue weighted by atomic mass is 16.6. The molecule has 21 heavy (non-hydrogen) atoms. The number of benzene rings is 1. The van der Waals surface area contributed by atoms with Gasteiger partial charge in [0.1, 0.15) is 6.61 Å². The minimum atomic E-state index is -0.256. The third kappa shape index (κ3) is 3.54. The number of rotatable bonds is 2. The average molecular weight is 291 g/mol. The molecule has 0 aliphatic carbocycles. The standard InChI is InChI=1S/C16H21NO4/c18-15(20-12-14-4-2-1-3-5-14)17-8-11-21-16(13-17)6-9-19-10-7-16/h1-5H,6-13H2. The molecule has 0 aromatic heterocycles. The predicted molar refractivity (Wildman–Crippen MR) is 76.9 cm³/mol. The number of amides is 1. The van der Waals surface area contributed by atoms with E-state index in [0.29, 0.717) is 39.5 Å². The molecule has 2 heterocycles. The van der Waals surface area contributed by atoms with Gasteiger partial charge in [-0.25, -0.2) is 4.79 Å². The number of hydrogen-bond acceptors (Lipinski definition) is 4. The quantitative estimate of drug-likeness (QED) is 0.838. The zero-order valence-electron chi connectivity index (χ0n) is 12.1. The summed E-state index contributed by atoms with van der Waals surface area (Å²) in [5, 5.41) is 0. The van der Waals surface area contributed by atoms with Gasteiger partial charge >= 0.3 is 6.09 Å². The first-order valence-corrected chi connectivity index (χ1v) is 7.45. The number of carbonyl (C=O) groups excluding carboxylic acids is 1. The summed E-state index contributed by atoms with van der Waals surface area (Å²) in [5.41, 5.74) is 0.766. The molecule has 0 bridgehead atoms. The van der Waals surface area contributed by atoms with Crippen LogP contribution in [0.25, 0.3) is 0 Å². The van der Waals surface area contributed by atoms with E-state index in [1.165, 1.54) is 0 Å². The normalized spacial score (nSPS) is 21.2. The van der Waals surface area contributed by atoms with E-state index in [0.717, 1.165) is 18.4 Å². The van der Waals surface area contributed by atoms with E-state index in [-0.39, 0.29) is 11.7 Å². The topological polar surface area (TPSA) is 48.0 Å². The van der Waals surface area contributed by atoms with Gasteiger partial charge in [0.25, 0.3) is 0 Å². The lowest BCUT2D eigenvalue weighted by Crippen LogP contribution is -2.55. The van der Waals surface area contributed by atoms with E-state index < -0.39 is 0 Å². The molecular weight excluding hydrogens is 270 g/mol. The van der Waals surface area contributed by atoms with Crippen molar-refractivity contribution >= 4 is 6.09 Å². The minimum absolute atomic E-state index is 0.234. The van der Waals surface area contributed by atoms with Crippen molar-refractivity contribution in [2.24, 2.45) is 0 Å². The highest BCUT2D eigenvalue weighted by Gasteiger charge is 2.40. The molecule has 0 unspecified atom stereocenters. The zero-order chi connectivity index (χ0) is 14.5. The van der Waals surface area contributed by atoms with Gasteiger partial charge in [0.15, 0.2) is 0 Å². The van der Waals surface area contributed by atoms with E-state index in [1.807, 2.05) is 30.3 Å². The summed E-state index contributed by atoms with van der Waals surface area (Å²) in [4.78, 5) is 14.0. The van der Waals surface area contributed by atoms with Crippen LogP contribution in [0.2, 0.25) is 0 Å². The Balaban J connectivity index is 1.54. The van der Waals surface area contributed by atoms with Gasteiger partial charge in [-0.1, -0.05) is 30.3 Å². The molecule has 1 amide bonds. The summed E-state index contributed by atoms with van der Waals surface area (Å²) < 4.78 is 16.7. The molecule has 2 saturated heterocycles. The Hall–Kier alpha value is -1.59. The van der Waals surface area contributed by atoms with Gasteiger partial charge in [0, 0.05) is 32.6 Å². The third-order valence-corrected chi connectivity index (χ3v) is 4.12. The fraction of sp³-hybridized carbons (Fsp3) is 0.562. The lowest BCUT2D eigenvalue weighted by molar-refractivity contribution is -0.148. The molecular formula is C16H21NO4. The van der Waals surface area contributed by atoms with Crippen LogP contribution >= 0.6 is 0 Å². The molecule has 2 fully saturated rings. The SMILES string of the molecule is O=C(OCc1ccccc1)N1CCOC2(CCOCC2)C1. The molecule has 5 nitrogen and oxygen atoms in total. The second kappa shape index (κ2) is 6.45. The van der Waals surface area contributed by atoms with Crippen molar-refractivity contribution in [3.05, 3.63) is 35.9 Å². The molecule has 0 saturated carbocycles. The first kappa shape index (κ1) is 14.4. The summed E-state index contributed by atoms with van der Waals surface area (Å²) in [5.74, 6) is 0. The van der Waals surface area contributed by atoms with Crippen LogP contribution in [-0.4, -0.2) is 49.5 Å². The number of nitrogens with zero attached hydrogens (tertiary/aromatic N) is 1. The number of morpholine rings is 1. The van der Waals surface area contributed by atoms with Gasteiger partial charge < -0.3 is 19.1 Å². The van der Waals surface area contributed by atoms with E-state index in [1.54, 1.807) is 4.90 Å². The molecule has 3 rings (SSSR count). The van der Waals surface area contributed by atoms with Crippen LogP contribution in [0.15, 0.2) is 30.3 Å². The summed E-state index contributed by atoms with van der Waals surface area (Å²) in [7, 11) is 0. The van der Waals surface area contributed by atoms with Crippen LogP contribution in [0.4, 0.5) is 4.79 Å². The van der Waals surface area contributed by atoms with Gasteiger partial charge in [0.05, 0.1) is 18.8 Å². The molecule has 2 aliphatic rings. The Morgan fingerprint density at radius 1 is 1.19 bits per heavy atom. The fourth-order valence-corrected chi connectivity index (χ4v) is 2.86. The van der Waals surface area contributed by atoms with Crippen molar-refractivity contribution in [1.82, 2.24) is 4.90 Å². The molecule has 0 atom stereocenters. The molecule has 2 aliphatic heterocycles. The zero-order valence-corrected chi connectivity index (χ0v) is 12.1. The van der Waals surface area contributed by atoms with Crippen molar-refractivity contribution in [2.75, 3.05) is 32.9 Å². The molecule has 5 heteroatoms. The Morgan fingerprint density at radius 2 is 1.95 bits per heavy atom. The maximum absolute atomic E-state index is 12.2. The highest BCUT2D eigenvalue weighted by Crippen LogP contribution is 2.29. The molecule has 0 radical (unpaired) electrons. The second-order valence-electron chi connectivity index (χ2n) is 5.61. The summed E-state index contributed by atoms with van der Waals surface area (Å²) in [6, 6.07) is 9.73. The summed E-state index contributed by atoms with van der Waals surface area (Å²) in [6.07, 6.45) is 1.43. The fourth-order valence-electron chi connectivity index (χ4n) is 2.86. The van der Waals surface area contributed by atoms with Crippen molar-refractivity contribution in [2.45, 2.75) is 25.0 Å². The van der Waals surface area contributed by atoms with Gasteiger partial charge in [-0.15, -0.1) is 0 Å². The maximum Gasteiger partial charge on any atom is 0.410 e. The van der Waals surface area contributed by atoms with Gasteiger partial charge in [0.2, 0.25) is 0 Å². The summed E-state index contributed by atoms with van der Waals surface area (Å²) >= 11 is 0. The van der Waals surface area contributed by atoms with Gasteiger partial charge in [-0.05, 0) is 5.56 Å². The lowest BCUT2D eigenvalue weighted by atomic mass is 9.92. The van der Waals surface area contributed by atoms with Crippen molar-refractivity contribution < 1.29 is 19.0 Å². The van der Waals surface area contributed by atoms with Crippen LogP contribution in [0.1, 0.15) is 18.4 Å². The third-order valence-electron chi connectivity index (χ3n) is 4.12.